The van der Waals surface area contributed by atoms with E-state index in [-0.39, 0.29) is 0 Å². The molecular formula is C17H22Cl. The van der Waals surface area contributed by atoms with E-state index in [1.165, 1.54) is 60.8 Å². The van der Waals surface area contributed by atoms with Crippen molar-refractivity contribution in [1.82, 2.24) is 0 Å². The molecule has 18 heavy (non-hydrogen) atoms. The number of fused-ring (bicyclic) bond motifs is 1. The lowest BCUT2D eigenvalue weighted by atomic mass is 9.98. The van der Waals surface area contributed by atoms with Crippen LogP contribution in [-0.2, 0) is 0 Å². The Labute approximate surface area is 116 Å². The molecule has 0 aromatic heterocycles. The van der Waals surface area contributed by atoms with E-state index in [0.29, 0.717) is 0 Å². The third kappa shape index (κ3) is 2.80. The van der Waals surface area contributed by atoms with Crippen LogP contribution in [0.3, 0.4) is 0 Å². The minimum absolute atomic E-state index is 0.918. The van der Waals surface area contributed by atoms with E-state index in [2.05, 4.69) is 32.4 Å². The zero-order valence-electron chi connectivity index (χ0n) is 11.4. The van der Waals surface area contributed by atoms with Gasteiger partial charge in [-0.05, 0) is 42.9 Å². The van der Waals surface area contributed by atoms with Gasteiger partial charge in [0.25, 0.3) is 0 Å². The molecule has 0 saturated carbocycles. The van der Waals surface area contributed by atoms with E-state index in [0.717, 1.165) is 5.02 Å². The van der Waals surface area contributed by atoms with Gasteiger partial charge >= 0.3 is 0 Å². The van der Waals surface area contributed by atoms with E-state index in [1.807, 2.05) is 6.07 Å². The van der Waals surface area contributed by atoms with Crippen molar-refractivity contribution < 1.29 is 0 Å². The number of hydrogen-bond acceptors (Lipinski definition) is 0. The fraction of sp³-hybridized carbons (Fsp3) is 0.471. The molecule has 0 fully saturated rings. The maximum atomic E-state index is 6.39. The summed E-state index contributed by atoms with van der Waals surface area (Å²) in [4.78, 5) is 0. The predicted molar refractivity (Wildman–Crippen MR) is 80.8 cm³/mol. The van der Waals surface area contributed by atoms with Crippen LogP contribution in [0.4, 0.5) is 0 Å². The molecule has 0 nitrogen and oxygen atoms in total. The van der Waals surface area contributed by atoms with E-state index in [1.54, 1.807) is 0 Å². The molecule has 0 unspecified atom stereocenters. The lowest BCUT2D eigenvalue weighted by Crippen LogP contribution is -1.88. The molecule has 0 saturated heterocycles. The Bertz CT molecular complexity index is 443. The maximum Gasteiger partial charge on any atom is 0.0484 e. The van der Waals surface area contributed by atoms with Gasteiger partial charge in [0.15, 0.2) is 0 Å². The second-order valence-corrected chi connectivity index (χ2v) is 5.47. The molecule has 1 aromatic rings. The number of benzene rings is 1. The lowest BCUT2D eigenvalue weighted by molar-refractivity contribution is 0.784. The van der Waals surface area contributed by atoms with Crippen molar-refractivity contribution in [2.24, 2.45) is 0 Å². The minimum atomic E-state index is 0.918. The fourth-order valence-electron chi connectivity index (χ4n) is 2.64. The summed E-state index contributed by atoms with van der Waals surface area (Å²) < 4.78 is 0. The molecule has 1 aromatic carbocycles. The van der Waals surface area contributed by atoms with Crippen molar-refractivity contribution in [3.63, 3.8) is 0 Å². The Kier molecular flexibility index (Phi) is 4.88. The Hall–Kier alpha value is -0.750. The van der Waals surface area contributed by atoms with Gasteiger partial charge in [-0.1, -0.05) is 56.0 Å². The molecule has 0 atom stereocenters. The van der Waals surface area contributed by atoms with Crippen LogP contribution in [0.15, 0.2) is 23.8 Å². The third-order valence-corrected chi connectivity index (χ3v) is 3.96. The number of halogens is 1. The molecule has 0 heterocycles. The molecule has 0 amide bonds. The van der Waals surface area contributed by atoms with E-state index < -0.39 is 0 Å². The van der Waals surface area contributed by atoms with Gasteiger partial charge in [-0.25, -0.2) is 0 Å². The van der Waals surface area contributed by atoms with Crippen molar-refractivity contribution in [1.29, 1.82) is 0 Å². The van der Waals surface area contributed by atoms with Gasteiger partial charge in [0.05, 0.1) is 0 Å². The van der Waals surface area contributed by atoms with Crippen LogP contribution < -0.4 is 0 Å². The molecular weight excluding hydrogens is 240 g/mol. The van der Waals surface area contributed by atoms with Crippen LogP contribution in [0.25, 0.3) is 5.57 Å². The first kappa shape index (κ1) is 13.7. The van der Waals surface area contributed by atoms with Gasteiger partial charge in [0.1, 0.15) is 0 Å². The number of allylic oxidation sites excluding steroid dienone is 2. The summed E-state index contributed by atoms with van der Waals surface area (Å²) in [7, 11) is 0. The highest BCUT2D eigenvalue weighted by atomic mass is 35.5. The molecule has 1 heteroatoms. The summed E-state index contributed by atoms with van der Waals surface area (Å²) in [6, 6.07) is 6.26. The highest BCUT2D eigenvalue weighted by molar-refractivity contribution is 6.32. The monoisotopic (exact) mass is 261 g/mol. The van der Waals surface area contributed by atoms with Crippen LogP contribution in [0.2, 0.25) is 5.02 Å². The first-order chi connectivity index (χ1) is 8.77. The molecule has 1 aliphatic rings. The Morgan fingerprint density at radius 1 is 1.00 bits per heavy atom. The molecule has 0 aliphatic heterocycles. The lowest BCUT2D eigenvalue weighted by Gasteiger charge is -2.09. The second-order valence-electron chi connectivity index (χ2n) is 5.06. The summed E-state index contributed by atoms with van der Waals surface area (Å²) >= 11 is 6.39. The molecule has 2 rings (SSSR count). The molecule has 0 N–H and O–H groups in total. The summed E-state index contributed by atoms with van der Waals surface area (Å²) in [5, 5.41) is 0.918. The maximum absolute atomic E-state index is 6.39. The molecule has 0 bridgehead atoms. The molecule has 1 radical (unpaired) electrons. The van der Waals surface area contributed by atoms with Gasteiger partial charge in [0, 0.05) is 17.0 Å². The average Bonchev–Trinajstić information content (AvgIpc) is 2.73. The summed E-state index contributed by atoms with van der Waals surface area (Å²) in [5.74, 6) is 0. The Morgan fingerprint density at radius 2 is 1.72 bits per heavy atom. The average molecular weight is 262 g/mol. The minimum Gasteiger partial charge on any atom is -0.0837 e. The topological polar surface area (TPSA) is 0 Å². The van der Waals surface area contributed by atoms with Crippen molar-refractivity contribution in [2.45, 2.75) is 52.4 Å². The van der Waals surface area contributed by atoms with Gasteiger partial charge in [-0.3, -0.25) is 0 Å². The summed E-state index contributed by atoms with van der Waals surface area (Å²) in [6.07, 6.45) is 9.73. The smallest absolute Gasteiger partial charge is 0.0484 e. The normalized spacial score (nSPS) is 14.2. The second kappa shape index (κ2) is 6.43. The predicted octanol–water partition coefficient (Wildman–Crippen LogP) is 6.04. The van der Waals surface area contributed by atoms with Gasteiger partial charge < -0.3 is 0 Å². The Balaban J connectivity index is 2.29. The summed E-state index contributed by atoms with van der Waals surface area (Å²) in [6.45, 7) is 4.50. The zero-order chi connectivity index (χ0) is 13.0. The summed E-state index contributed by atoms with van der Waals surface area (Å²) in [5.41, 5.74) is 5.65. The van der Waals surface area contributed by atoms with Gasteiger partial charge in [-0.2, -0.15) is 0 Å². The first-order valence-corrected chi connectivity index (χ1v) is 7.51. The van der Waals surface area contributed by atoms with Crippen LogP contribution in [0.1, 0.15) is 63.5 Å². The third-order valence-electron chi connectivity index (χ3n) is 3.64. The van der Waals surface area contributed by atoms with Crippen LogP contribution in [0.5, 0.6) is 0 Å². The van der Waals surface area contributed by atoms with Crippen LogP contribution in [0, 0.1) is 6.42 Å². The van der Waals surface area contributed by atoms with Crippen molar-refractivity contribution >= 4 is 17.2 Å². The highest BCUT2D eigenvalue weighted by Crippen LogP contribution is 2.42. The van der Waals surface area contributed by atoms with E-state index in [9.17, 15) is 0 Å². The zero-order valence-corrected chi connectivity index (χ0v) is 12.2. The largest absolute Gasteiger partial charge is 0.0837 e. The standard InChI is InChI=1S/C17H22Cl/c1-3-5-8-13-12-14-9-7-11-16(18)17(14)15(13)10-6-4-2/h7,9,11-12H,3-6,8,10H2,1-2H3. The highest BCUT2D eigenvalue weighted by Gasteiger charge is 2.22. The van der Waals surface area contributed by atoms with Crippen molar-refractivity contribution in [3.05, 3.63) is 46.3 Å². The van der Waals surface area contributed by atoms with E-state index >= 15 is 0 Å². The quantitative estimate of drug-likeness (QED) is 0.586. The SMILES string of the molecule is CCCCC1=C(CCCC)c2c(Cl)cccc2[CH]1. The van der Waals surface area contributed by atoms with Crippen molar-refractivity contribution in [3.8, 4) is 0 Å². The number of unbranched alkanes of at least 4 members (excludes halogenated alkanes) is 2. The van der Waals surface area contributed by atoms with Gasteiger partial charge in [-0.15, -0.1) is 0 Å². The van der Waals surface area contributed by atoms with E-state index in [4.69, 9.17) is 11.6 Å². The Morgan fingerprint density at radius 3 is 2.44 bits per heavy atom. The molecule has 1 aliphatic carbocycles. The molecule has 97 valence electrons. The van der Waals surface area contributed by atoms with Crippen LogP contribution in [-0.4, -0.2) is 0 Å². The number of rotatable bonds is 6. The van der Waals surface area contributed by atoms with Gasteiger partial charge in [0.2, 0.25) is 0 Å². The van der Waals surface area contributed by atoms with Crippen LogP contribution >= 0.6 is 11.6 Å². The fourth-order valence-corrected chi connectivity index (χ4v) is 2.94. The number of hydrogen-bond donors (Lipinski definition) is 0. The molecule has 0 spiro atoms. The first-order valence-electron chi connectivity index (χ1n) is 7.13. The van der Waals surface area contributed by atoms with Crippen molar-refractivity contribution in [2.75, 3.05) is 0 Å².